The minimum Gasteiger partial charge on any atom is -0.494 e. The summed E-state index contributed by atoms with van der Waals surface area (Å²) in [5.74, 6) is 5.50. The maximum absolute atomic E-state index is 10.4. The van der Waals surface area contributed by atoms with E-state index in [1.165, 1.54) is 25.3 Å². The lowest BCUT2D eigenvalue weighted by Gasteiger charge is -2.06. The van der Waals surface area contributed by atoms with E-state index in [0.717, 1.165) is 0 Å². The number of nitrogen functional groups attached to an aromatic ring is 1. The van der Waals surface area contributed by atoms with Crippen LogP contribution in [-0.4, -0.2) is 12.0 Å². The number of hydrazine groups is 1. The van der Waals surface area contributed by atoms with Crippen molar-refractivity contribution < 1.29 is 9.66 Å². The molecule has 6 nitrogen and oxygen atoms in total. The van der Waals surface area contributed by atoms with Crippen molar-refractivity contribution in [2.75, 3.05) is 12.5 Å². The molecule has 1 rings (SSSR count). The molecule has 0 aromatic heterocycles. The first kappa shape index (κ1) is 16.2. The van der Waals surface area contributed by atoms with Crippen LogP contribution in [0.3, 0.4) is 0 Å². The number of methoxy groups -OCH3 is 1. The van der Waals surface area contributed by atoms with E-state index < -0.39 is 4.92 Å². The molecule has 1 aromatic rings. The molecule has 1 aromatic carbocycles. The molecular formula is C7H11Cl2N3O3. The number of nitrogens with two attached hydrogens (primary N) is 1. The number of nitro groups is 1. The van der Waals surface area contributed by atoms with Gasteiger partial charge >= 0.3 is 0 Å². The summed E-state index contributed by atoms with van der Waals surface area (Å²) in [5, 5.41) is 10.4. The van der Waals surface area contributed by atoms with Gasteiger partial charge in [-0.1, -0.05) is 0 Å². The second-order valence-electron chi connectivity index (χ2n) is 2.29. The second-order valence-corrected chi connectivity index (χ2v) is 2.29. The van der Waals surface area contributed by atoms with Crippen LogP contribution in [0.1, 0.15) is 0 Å². The van der Waals surface area contributed by atoms with Crippen molar-refractivity contribution in [1.82, 2.24) is 0 Å². The number of ether oxygens (including phenoxy) is 1. The number of halogens is 2. The largest absolute Gasteiger partial charge is 0.494 e. The van der Waals surface area contributed by atoms with Crippen LogP contribution in [0.15, 0.2) is 18.2 Å². The van der Waals surface area contributed by atoms with Gasteiger partial charge in [-0.2, -0.15) is 0 Å². The quantitative estimate of drug-likeness (QED) is 0.488. The Balaban J connectivity index is 0. The van der Waals surface area contributed by atoms with E-state index >= 15 is 0 Å². The van der Waals surface area contributed by atoms with E-state index in [-0.39, 0.29) is 30.5 Å². The molecule has 0 fully saturated rings. The van der Waals surface area contributed by atoms with Crippen molar-refractivity contribution in [3.8, 4) is 5.75 Å². The fourth-order valence-electron chi connectivity index (χ4n) is 0.913. The average Bonchev–Trinajstić information content (AvgIpc) is 2.16. The predicted octanol–water partition coefficient (Wildman–Crippen LogP) is 1.73. The first-order valence-corrected chi connectivity index (χ1v) is 3.48. The van der Waals surface area contributed by atoms with Gasteiger partial charge in [-0.25, -0.2) is 0 Å². The number of rotatable bonds is 3. The van der Waals surface area contributed by atoms with Crippen molar-refractivity contribution >= 4 is 36.2 Å². The summed E-state index contributed by atoms with van der Waals surface area (Å²) in [6, 6.07) is 4.13. The summed E-state index contributed by atoms with van der Waals surface area (Å²) in [5.41, 5.74) is 2.84. The highest BCUT2D eigenvalue weighted by Gasteiger charge is 2.09. The van der Waals surface area contributed by atoms with E-state index in [1.54, 1.807) is 0 Å². The average molecular weight is 256 g/mol. The lowest BCUT2D eigenvalue weighted by atomic mass is 10.2. The third kappa shape index (κ3) is 3.78. The molecule has 86 valence electrons. The minimum absolute atomic E-state index is 0. The number of nitrogens with zero attached hydrogens (tertiary/aromatic N) is 1. The van der Waals surface area contributed by atoms with Crippen molar-refractivity contribution in [2.24, 2.45) is 5.84 Å². The second kappa shape index (κ2) is 7.10. The molecule has 0 aliphatic rings. The predicted molar refractivity (Wildman–Crippen MR) is 62.0 cm³/mol. The van der Waals surface area contributed by atoms with Crippen LogP contribution < -0.4 is 16.0 Å². The van der Waals surface area contributed by atoms with Crippen LogP contribution in [-0.2, 0) is 0 Å². The number of nitro benzene ring substituents is 1. The lowest BCUT2D eigenvalue weighted by molar-refractivity contribution is -0.384. The molecule has 0 unspecified atom stereocenters. The monoisotopic (exact) mass is 255 g/mol. The van der Waals surface area contributed by atoms with Crippen molar-refractivity contribution in [3.05, 3.63) is 28.3 Å². The fourth-order valence-corrected chi connectivity index (χ4v) is 0.913. The maximum Gasteiger partial charge on any atom is 0.273 e. The Morgan fingerprint density at radius 2 is 2.07 bits per heavy atom. The van der Waals surface area contributed by atoms with E-state index in [0.29, 0.717) is 11.4 Å². The third-order valence-corrected chi connectivity index (χ3v) is 1.55. The van der Waals surface area contributed by atoms with Gasteiger partial charge in [0.1, 0.15) is 5.75 Å². The summed E-state index contributed by atoms with van der Waals surface area (Å²) in [6.07, 6.45) is 0. The number of hydrogen-bond donors (Lipinski definition) is 2. The normalized spacial score (nSPS) is 8.13. The maximum atomic E-state index is 10.4. The van der Waals surface area contributed by atoms with E-state index in [4.69, 9.17) is 10.6 Å². The fraction of sp³-hybridized carbons (Fsp3) is 0.143. The Hall–Kier alpha value is -1.24. The zero-order chi connectivity index (χ0) is 9.84. The summed E-state index contributed by atoms with van der Waals surface area (Å²) >= 11 is 0. The van der Waals surface area contributed by atoms with Gasteiger partial charge in [0, 0.05) is 6.07 Å². The first-order valence-electron chi connectivity index (χ1n) is 3.48. The van der Waals surface area contributed by atoms with Gasteiger partial charge in [0.2, 0.25) is 0 Å². The van der Waals surface area contributed by atoms with Crippen LogP contribution in [0, 0.1) is 10.1 Å². The van der Waals surface area contributed by atoms with Crippen LogP contribution in [0.2, 0.25) is 0 Å². The van der Waals surface area contributed by atoms with Crippen LogP contribution in [0.5, 0.6) is 5.75 Å². The van der Waals surface area contributed by atoms with Crippen LogP contribution in [0.4, 0.5) is 11.4 Å². The SMILES string of the molecule is COc1cc([N+](=O)[O-])ccc1NN.Cl.Cl. The highest BCUT2D eigenvalue weighted by Crippen LogP contribution is 2.27. The van der Waals surface area contributed by atoms with Crippen LogP contribution in [0.25, 0.3) is 0 Å². The van der Waals surface area contributed by atoms with Gasteiger partial charge in [-0.05, 0) is 6.07 Å². The molecule has 0 saturated carbocycles. The Bertz CT molecular complexity index is 335. The molecule has 0 saturated heterocycles. The highest BCUT2D eigenvalue weighted by atomic mass is 35.5. The lowest BCUT2D eigenvalue weighted by Crippen LogP contribution is -2.08. The van der Waals surface area contributed by atoms with E-state index in [1.807, 2.05) is 0 Å². The molecule has 8 heteroatoms. The summed E-state index contributed by atoms with van der Waals surface area (Å²) < 4.78 is 4.88. The zero-order valence-corrected chi connectivity index (χ0v) is 9.43. The molecular weight excluding hydrogens is 245 g/mol. The van der Waals surface area contributed by atoms with Crippen molar-refractivity contribution in [3.63, 3.8) is 0 Å². The summed E-state index contributed by atoms with van der Waals surface area (Å²) in [6.45, 7) is 0. The molecule has 0 aliphatic carbocycles. The van der Waals surface area contributed by atoms with Gasteiger partial charge in [0.25, 0.3) is 5.69 Å². The number of anilines is 1. The molecule has 0 atom stereocenters. The van der Waals surface area contributed by atoms with E-state index in [9.17, 15) is 10.1 Å². The number of non-ortho nitro benzene ring substituents is 1. The molecule has 15 heavy (non-hydrogen) atoms. The van der Waals surface area contributed by atoms with Gasteiger partial charge < -0.3 is 10.2 Å². The Labute approximate surface area is 98.7 Å². The Morgan fingerprint density at radius 1 is 1.47 bits per heavy atom. The molecule has 0 amide bonds. The van der Waals surface area contributed by atoms with Crippen molar-refractivity contribution in [1.29, 1.82) is 0 Å². The summed E-state index contributed by atoms with van der Waals surface area (Å²) in [7, 11) is 1.42. The van der Waals surface area contributed by atoms with Crippen LogP contribution >= 0.6 is 24.8 Å². The standard InChI is InChI=1S/C7H9N3O3.2ClH/c1-13-7-4-5(10(11)12)2-3-6(7)9-8;;/h2-4,9H,8H2,1H3;2*1H. The minimum atomic E-state index is -0.497. The third-order valence-electron chi connectivity index (χ3n) is 1.55. The smallest absolute Gasteiger partial charge is 0.273 e. The Morgan fingerprint density at radius 3 is 2.47 bits per heavy atom. The number of hydrogen-bond acceptors (Lipinski definition) is 5. The molecule has 3 N–H and O–H groups in total. The molecule has 0 bridgehead atoms. The van der Waals surface area contributed by atoms with E-state index in [2.05, 4.69) is 5.43 Å². The zero-order valence-electron chi connectivity index (χ0n) is 7.80. The van der Waals surface area contributed by atoms with Gasteiger partial charge in [-0.15, -0.1) is 24.8 Å². The molecule has 0 heterocycles. The highest BCUT2D eigenvalue weighted by molar-refractivity contribution is 5.85. The van der Waals surface area contributed by atoms with Gasteiger partial charge in [0.05, 0.1) is 23.8 Å². The Kier molecular flexibility index (Phi) is 7.67. The van der Waals surface area contributed by atoms with Gasteiger partial charge in [0.15, 0.2) is 0 Å². The number of nitrogens with one attached hydrogen (secondary N) is 1. The first-order chi connectivity index (χ1) is 6.19. The molecule has 0 spiro atoms. The number of benzene rings is 1. The van der Waals surface area contributed by atoms with Gasteiger partial charge in [-0.3, -0.25) is 16.0 Å². The topological polar surface area (TPSA) is 90.4 Å². The van der Waals surface area contributed by atoms with Crippen molar-refractivity contribution in [2.45, 2.75) is 0 Å². The molecule has 0 aliphatic heterocycles. The molecule has 0 radical (unpaired) electrons. The summed E-state index contributed by atoms with van der Waals surface area (Å²) in [4.78, 5) is 9.87.